The van der Waals surface area contributed by atoms with E-state index in [4.69, 9.17) is 9.52 Å². The van der Waals surface area contributed by atoms with Crippen LogP contribution >= 0.6 is 0 Å². The summed E-state index contributed by atoms with van der Waals surface area (Å²) in [5.41, 5.74) is 1.50. The summed E-state index contributed by atoms with van der Waals surface area (Å²) in [6, 6.07) is 7.96. The number of hydrogen-bond donors (Lipinski definition) is 1. The Balaban J connectivity index is 1.26. The number of carboxylic acid groups (broad SMARTS) is 1. The molecule has 0 radical (unpaired) electrons. The molecule has 1 aliphatic carbocycles. The Morgan fingerprint density at radius 1 is 0.969 bits per heavy atom. The van der Waals surface area contributed by atoms with Crippen molar-refractivity contribution in [2.75, 3.05) is 18.0 Å². The van der Waals surface area contributed by atoms with Gasteiger partial charge in [-0.3, -0.25) is 4.79 Å². The Labute approximate surface area is 184 Å². The highest BCUT2D eigenvalue weighted by atomic mass is 16.4. The summed E-state index contributed by atoms with van der Waals surface area (Å²) in [6.07, 6.45) is 9.59. The summed E-state index contributed by atoms with van der Waals surface area (Å²) in [5, 5.41) is 8.99. The maximum atomic E-state index is 13.4. The Morgan fingerprint density at radius 3 is 2.25 bits per heavy atom. The molecule has 3 heterocycles. The highest BCUT2D eigenvalue weighted by molar-refractivity contribution is 5.95. The number of benzene rings is 1. The molecule has 5 rings (SSSR count). The van der Waals surface area contributed by atoms with Crippen LogP contribution in [-0.4, -0.2) is 62.0 Å². The van der Waals surface area contributed by atoms with Crippen molar-refractivity contribution in [1.29, 1.82) is 0 Å². The van der Waals surface area contributed by atoms with Crippen LogP contribution in [0.25, 0.3) is 11.3 Å². The van der Waals surface area contributed by atoms with E-state index >= 15 is 0 Å². The molecule has 0 unspecified atom stereocenters. The molecule has 1 saturated heterocycles. The van der Waals surface area contributed by atoms with Crippen molar-refractivity contribution in [3.63, 3.8) is 0 Å². The summed E-state index contributed by atoms with van der Waals surface area (Å²) in [4.78, 5) is 40.7. The van der Waals surface area contributed by atoms with Gasteiger partial charge in [-0.05, 0) is 37.8 Å². The number of aromatic carboxylic acids is 1. The number of carbonyl (C=O) groups is 2. The SMILES string of the molecule is O=C(O)c1cnc(N2CCC(N(C(=O)c3ccc(-c4cnco4)cc3)C3CC3)CC2)cn1. The van der Waals surface area contributed by atoms with Crippen molar-refractivity contribution in [1.82, 2.24) is 19.9 Å². The molecule has 1 saturated carbocycles. The fourth-order valence-electron chi connectivity index (χ4n) is 4.24. The second-order valence-electron chi connectivity index (χ2n) is 8.17. The summed E-state index contributed by atoms with van der Waals surface area (Å²) < 4.78 is 5.33. The van der Waals surface area contributed by atoms with Crippen LogP contribution in [0, 0.1) is 0 Å². The Kier molecular flexibility index (Phi) is 5.30. The van der Waals surface area contributed by atoms with E-state index in [-0.39, 0.29) is 17.6 Å². The van der Waals surface area contributed by atoms with E-state index in [1.807, 2.05) is 24.3 Å². The lowest BCUT2D eigenvalue weighted by Gasteiger charge is -2.39. The quantitative estimate of drug-likeness (QED) is 0.631. The van der Waals surface area contributed by atoms with E-state index in [1.54, 1.807) is 6.20 Å². The first-order valence-electron chi connectivity index (χ1n) is 10.7. The van der Waals surface area contributed by atoms with Crippen LogP contribution in [0.15, 0.2) is 53.7 Å². The molecule has 0 bridgehead atoms. The number of piperidine rings is 1. The lowest BCUT2D eigenvalue weighted by Crippen LogP contribution is -2.48. The van der Waals surface area contributed by atoms with Gasteiger partial charge in [-0.1, -0.05) is 12.1 Å². The number of nitrogens with zero attached hydrogens (tertiary/aromatic N) is 5. The fraction of sp³-hybridized carbons (Fsp3) is 0.348. The lowest BCUT2D eigenvalue weighted by atomic mass is 10.0. The average Bonchev–Trinajstić information content (AvgIpc) is 3.51. The van der Waals surface area contributed by atoms with E-state index in [9.17, 15) is 9.59 Å². The maximum Gasteiger partial charge on any atom is 0.356 e. The predicted octanol–water partition coefficient (Wildman–Crippen LogP) is 3.10. The minimum Gasteiger partial charge on any atom is -0.476 e. The molecule has 2 fully saturated rings. The normalized spacial score (nSPS) is 16.7. The molecule has 1 N–H and O–H groups in total. The average molecular weight is 433 g/mol. The van der Waals surface area contributed by atoms with Crippen LogP contribution in [0.2, 0.25) is 0 Å². The van der Waals surface area contributed by atoms with Gasteiger partial charge in [0.2, 0.25) is 0 Å². The maximum absolute atomic E-state index is 13.4. The zero-order chi connectivity index (χ0) is 22.1. The van der Waals surface area contributed by atoms with Gasteiger partial charge in [0.1, 0.15) is 5.82 Å². The predicted molar refractivity (Wildman–Crippen MR) is 115 cm³/mol. The van der Waals surface area contributed by atoms with Crippen LogP contribution in [0.5, 0.6) is 0 Å². The third-order valence-electron chi connectivity index (χ3n) is 6.06. The van der Waals surface area contributed by atoms with Crippen molar-refractivity contribution in [2.45, 2.75) is 37.8 Å². The van der Waals surface area contributed by atoms with Gasteiger partial charge in [-0.15, -0.1) is 0 Å². The Hall–Kier alpha value is -3.75. The molecular formula is C23H23N5O4. The second kappa shape index (κ2) is 8.41. The summed E-state index contributed by atoms with van der Waals surface area (Å²) in [6.45, 7) is 1.49. The van der Waals surface area contributed by atoms with Gasteiger partial charge in [-0.25, -0.2) is 19.7 Å². The van der Waals surface area contributed by atoms with Crippen molar-refractivity contribution in [3.05, 3.63) is 60.5 Å². The molecule has 164 valence electrons. The van der Waals surface area contributed by atoms with Crippen LogP contribution in [0.4, 0.5) is 5.82 Å². The Bertz CT molecular complexity index is 1090. The molecule has 0 spiro atoms. The van der Waals surface area contributed by atoms with E-state index in [1.165, 1.54) is 18.8 Å². The number of amides is 1. The van der Waals surface area contributed by atoms with Gasteiger partial charge >= 0.3 is 5.97 Å². The molecule has 9 heteroatoms. The smallest absolute Gasteiger partial charge is 0.356 e. The zero-order valence-electron chi connectivity index (χ0n) is 17.4. The lowest BCUT2D eigenvalue weighted by molar-refractivity contribution is 0.0629. The van der Waals surface area contributed by atoms with Gasteiger partial charge in [0, 0.05) is 36.3 Å². The molecular weight excluding hydrogens is 410 g/mol. The number of carbonyl (C=O) groups excluding carboxylic acids is 1. The molecule has 9 nitrogen and oxygen atoms in total. The van der Waals surface area contributed by atoms with Gasteiger partial charge in [0.25, 0.3) is 5.91 Å². The molecule has 0 atom stereocenters. The van der Waals surface area contributed by atoms with Gasteiger partial charge in [0.15, 0.2) is 17.8 Å². The zero-order valence-corrected chi connectivity index (χ0v) is 17.4. The minimum absolute atomic E-state index is 0.0662. The number of aromatic nitrogens is 3. The molecule has 2 aliphatic rings. The van der Waals surface area contributed by atoms with Gasteiger partial charge in [0.05, 0.1) is 18.6 Å². The van der Waals surface area contributed by atoms with Crippen LogP contribution in [0.1, 0.15) is 46.5 Å². The standard InChI is InChI=1S/C23H23N5O4/c29-22(16-3-1-15(2-4-16)20-12-24-14-32-20)28(17-5-6-17)18-7-9-27(10-8-18)21-13-25-19(11-26-21)23(30)31/h1-4,11-14,17-18H,5-10H2,(H,30,31). The summed E-state index contributed by atoms with van der Waals surface area (Å²) in [7, 11) is 0. The molecule has 1 aliphatic heterocycles. The van der Waals surface area contributed by atoms with E-state index < -0.39 is 5.97 Å². The third-order valence-corrected chi connectivity index (χ3v) is 6.06. The monoisotopic (exact) mass is 433 g/mol. The number of carboxylic acids is 1. The van der Waals surface area contributed by atoms with Crippen LogP contribution < -0.4 is 4.90 Å². The van der Waals surface area contributed by atoms with E-state index in [0.29, 0.717) is 23.2 Å². The molecule has 32 heavy (non-hydrogen) atoms. The number of hydrogen-bond acceptors (Lipinski definition) is 7. The highest BCUT2D eigenvalue weighted by Crippen LogP contribution is 2.34. The first kappa shape index (κ1) is 20.2. The van der Waals surface area contributed by atoms with Crippen molar-refractivity contribution < 1.29 is 19.1 Å². The first-order valence-corrected chi connectivity index (χ1v) is 10.7. The van der Waals surface area contributed by atoms with Crippen LogP contribution in [0.3, 0.4) is 0 Å². The molecule has 2 aromatic heterocycles. The van der Waals surface area contributed by atoms with Crippen molar-refractivity contribution in [2.24, 2.45) is 0 Å². The minimum atomic E-state index is -1.09. The topological polar surface area (TPSA) is 113 Å². The largest absolute Gasteiger partial charge is 0.476 e. The Morgan fingerprint density at radius 2 is 1.69 bits per heavy atom. The summed E-state index contributed by atoms with van der Waals surface area (Å²) in [5.74, 6) is 0.325. The number of anilines is 1. The van der Waals surface area contributed by atoms with E-state index in [2.05, 4.69) is 24.8 Å². The molecule has 1 amide bonds. The summed E-state index contributed by atoms with van der Waals surface area (Å²) >= 11 is 0. The number of rotatable bonds is 6. The van der Waals surface area contributed by atoms with E-state index in [0.717, 1.165) is 44.3 Å². The van der Waals surface area contributed by atoms with Gasteiger partial charge < -0.3 is 19.3 Å². The second-order valence-corrected chi connectivity index (χ2v) is 8.17. The first-order chi connectivity index (χ1) is 15.6. The highest BCUT2D eigenvalue weighted by Gasteiger charge is 2.39. The van der Waals surface area contributed by atoms with Crippen molar-refractivity contribution >= 4 is 17.7 Å². The van der Waals surface area contributed by atoms with Crippen LogP contribution in [-0.2, 0) is 0 Å². The van der Waals surface area contributed by atoms with Gasteiger partial charge in [-0.2, -0.15) is 0 Å². The third kappa shape index (κ3) is 4.05. The number of oxazole rings is 1. The van der Waals surface area contributed by atoms with Crippen molar-refractivity contribution in [3.8, 4) is 11.3 Å². The molecule has 1 aromatic carbocycles. The fourth-order valence-corrected chi connectivity index (χ4v) is 4.24. The molecule has 3 aromatic rings.